The maximum Gasteiger partial charge on any atom is 0.253 e. The lowest BCUT2D eigenvalue weighted by molar-refractivity contribution is 0.0952. The molecule has 6 heteroatoms. The van der Waals surface area contributed by atoms with Crippen molar-refractivity contribution in [3.05, 3.63) is 45.4 Å². The fourth-order valence-electron chi connectivity index (χ4n) is 1.32. The summed E-state index contributed by atoms with van der Waals surface area (Å²) in [5.41, 5.74) is 6.50. The monoisotopic (exact) mass is 267 g/mol. The van der Waals surface area contributed by atoms with E-state index in [4.69, 9.17) is 17.3 Å². The third-order valence-corrected chi connectivity index (χ3v) is 3.16. The van der Waals surface area contributed by atoms with Crippen LogP contribution in [0.4, 0.5) is 5.69 Å². The maximum atomic E-state index is 11.8. The Labute approximate surface area is 107 Å². The Kier molecular flexibility index (Phi) is 3.61. The van der Waals surface area contributed by atoms with Gasteiger partial charge in [-0.3, -0.25) is 4.79 Å². The van der Waals surface area contributed by atoms with E-state index in [0.717, 1.165) is 5.01 Å². The molecule has 0 fully saturated rings. The highest BCUT2D eigenvalue weighted by molar-refractivity contribution is 7.09. The molecule has 0 atom stereocenters. The van der Waals surface area contributed by atoms with Crippen LogP contribution in [0.5, 0.6) is 0 Å². The van der Waals surface area contributed by atoms with Crippen molar-refractivity contribution in [1.29, 1.82) is 0 Å². The van der Waals surface area contributed by atoms with E-state index >= 15 is 0 Å². The molecule has 1 amide bonds. The zero-order valence-electron chi connectivity index (χ0n) is 8.81. The van der Waals surface area contributed by atoms with E-state index in [9.17, 15) is 4.79 Å². The van der Waals surface area contributed by atoms with Gasteiger partial charge in [-0.1, -0.05) is 11.6 Å². The van der Waals surface area contributed by atoms with Gasteiger partial charge in [0.15, 0.2) is 0 Å². The minimum absolute atomic E-state index is 0.250. The number of hydrogen-bond acceptors (Lipinski definition) is 4. The first-order chi connectivity index (χ1) is 8.16. The molecule has 3 N–H and O–H groups in total. The van der Waals surface area contributed by atoms with Gasteiger partial charge >= 0.3 is 0 Å². The normalized spacial score (nSPS) is 10.2. The Balaban J connectivity index is 2.07. The number of nitrogens with one attached hydrogen (secondary N) is 1. The second-order valence-corrected chi connectivity index (χ2v) is 4.76. The molecule has 0 spiro atoms. The number of aromatic nitrogens is 1. The predicted octanol–water partition coefficient (Wildman–Crippen LogP) is 2.31. The number of carbonyl (C=O) groups is 1. The smallest absolute Gasteiger partial charge is 0.253 e. The quantitative estimate of drug-likeness (QED) is 0.839. The molecule has 2 rings (SSSR count). The van der Waals surface area contributed by atoms with Crippen molar-refractivity contribution in [2.45, 2.75) is 6.54 Å². The zero-order chi connectivity index (χ0) is 12.3. The zero-order valence-corrected chi connectivity index (χ0v) is 10.4. The van der Waals surface area contributed by atoms with Crippen molar-refractivity contribution < 1.29 is 4.79 Å². The number of thiazole rings is 1. The summed E-state index contributed by atoms with van der Waals surface area (Å²) in [6.07, 6.45) is 1.69. The van der Waals surface area contributed by atoms with Gasteiger partial charge in [0.25, 0.3) is 5.91 Å². The molecule has 2 aromatic rings. The van der Waals surface area contributed by atoms with E-state index in [1.165, 1.54) is 11.3 Å². The molecule has 0 aliphatic heterocycles. The van der Waals surface area contributed by atoms with Crippen LogP contribution in [-0.2, 0) is 6.54 Å². The highest BCUT2D eigenvalue weighted by atomic mass is 35.5. The van der Waals surface area contributed by atoms with Crippen LogP contribution in [0.15, 0.2) is 29.8 Å². The lowest BCUT2D eigenvalue weighted by atomic mass is 10.1. The van der Waals surface area contributed by atoms with Crippen molar-refractivity contribution in [1.82, 2.24) is 10.3 Å². The average molecular weight is 268 g/mol. The molecule has 0 radical (unpaired) electrons. The standard InChI is InChI=1S/C11H10ClN3OS/c12-7-1-2-9(13)8(5-7)11(16)15-6-10-14-3-4-17-10/h1-5H,6,13H2,(H,15,16). The number of anilines is 1. The Morgan fingerprint density at radius 3 is 3.06 bits per heavy atom. The molecule has 17 heavy (non-hydrogen) atoms. The van der Waals surface area contributed by atoms with Gasteiger partial charge in [0.1, 0.15) is 5.01 Å². The highest BCUT2D eigenvalue weighted by Gasteiger charge is 2.10. The molecule has 4 nitrogen and oxygen atoms in total. The van der Waals surface area contributed by atoms with E-state index in [-0.39, 0.29) is 5.91 Å². The SMILES string of the molecule is Nc1ccc(Cl)cc1C(=O)NCc1nccs1. The van der Waals surface area contributed by atoms with Gasteiger partial charge in [0.2, 0.25) is 0 Å². The number of halogens is 1. The van der Waals surface area contributed by atoms with E-state index in [0.29, 0.717) is 22.8 Å². The third kappa shape index (κ3) is 2.95. The number of nitrogens with two attached hydrogens (primary N) is 1. The number of hydrogen-bond donors (Lipinski definition) is 2. The van der Waals surface area contributed by atoms with Crippen LogP contribution in [0.2, 0.25) is 5.02 Å². The van der Waals surface area contributed by atoms with Gasteiger partial charge in [-0.05, 0) is 18.2 Å². The van der Waals surface area contributed by atoms with Gasteiger partial charge in [-0.15, -0.1) is 11.3 Å². The van der Waals surface area contributed by atoms with E-state index in [1.54, 1.807) is 24.4 Å². The number of carbonyl (C=O) groups excluding carboxylic acids is 1. The molecule has 0 bridgehead atoms. The largest absolute Gasteiger partial charge is 0.398 e. The number of nitrogens with zero attached hydrogens (tertiary/aromatic N) is 1. The Morgan fingerprint density at radius 1 is 1.53 bits per heavy atom. The molecular formula is C11H10ClN3OS. The second kappa shape index (κ2) is 5.16. The molecule has 1 aromatic heterocycles. The minimum atomic E-state index is -0.250. The van der Waals surface area contributed by atoms with Gasteiger partial charge in [-0.25, -0.2) is 4.98 Å². The molecule has 0 unspecified atom stereocenters. The second-order valence-electron chi connectivity index (χ2n) is 3.34. The van der Waals surface area contributed by atoms with Gasteiger partial charge in [0, 0.05) is 22.3 Å². The summed E-state index contributed by atoms with van der Waals surface area (Å²) < 4.78 is 0. The first kappa shape index (κ1) is 11.9. The Bertz CT molecular complexity index is 528. The molecule has 0 saturated heterocycles. The fourth-order valence-corrected chi connectivity index (χ4v) is 2.04. The summed E-state index contributed by atoms with van der Waals surface area (Å²) in [6.45, 7) is 0.391. The Morgan fingerprint density at radius 2 is 2.35 bits per heavy atom. The third-order valence-electron chi connectivity index (χ3n) is 2.14. The van der Waals surface area contributed by atoms with Crippen molar-refractivity contribution in [3.63, 3.8) is 0 Å². The summed E-state index contributed by atoms with van der Waals surface area (Å²) in [5, 5.41) is 5.93. The molecular weight excluding hydrogens is 258 g/mol. The maximum absolute atomic E-state index is 11.8. The van der Waals surface area contributed by atoms with Crippen LogP contribution in [0.25, 0.3) is 0 Å². The van der Waals surface area contributed by atoms with Crippen LogP contribution < -0.4 is 11.1 Å². The molecule has 0 aliphatic carbocycles. The summed E-state index contributed by atoms with van der Waals surface area (Å²) in [4.78, 5) is 15.9. The number of benzene rings is 1. The first-order valence-electron chi connectivity index (χ1n) is 4.88. The van der Waals surface area contributed by atoms with Crippen molar-refractivity contribution in [2.75, 3.05) is 5.73 Å². The number of nitrogen functional groups attached to an aromatic ring is 1. The van der Waals surface area contributed by atoms with E-state index in [2.05, 4.69) is 10.3 Å². The number of rotatable bonds is 3. The first-order valence-corrected chi connectivity index (χ1v) is 6.14. The van der Waals surface area contributed by atoms with Crippen LogP contribution >= 0.6 is 22.9 Å². The topological polar surface area (TPSA) is 68.0 Å². The van der Waals surface area contributed by atoms with Gasteiger partial charge in [0.05, 0.1) is 12.1 Å². The van der Waals surface area contributed by atoms with E-state index in [1.807, 2.05) is 5.38 Å². The van der Waals surface area contributed by atoms with Crippen molar-refractivity contribution >= 4 is 34.5 Å². The minimum Gasteiger partial charge on any atom is -0.398 e. The fraction of sp³-hybridized carbons (Fsp3) is 0.0909. The highest BCUT2D eigenvalue weighted by Crippen LogP contribution is 2.17. The molecule has 0 aliphatic rings. The van der Waals surface area contributed by atoms with Crippen LogP contribution in [-0.4, -0.2) is 10.9 Å². The summed E-state index contributed by atoms with van der Waals surface area (Å²) in [5.74, 6) is -0.250. The Hall–Kier alpha value is -1.59. The summed E-state index contributed by atoms with van der Waals surface area (Å²) >= 11 is 7.30. The van der Waals surface area contributed by atoms with Crippen LogP contribution in [0, 0.1) is 0 Å². The molecule has 1 aromatic carbocycles. The molecule has 0 saturated carbocycles. The van der Waals surface area contributed by atoms with Crippen LogP contribution in [0.1, 0.15) is 15.4 Å². The van der Waals surface area contributed by atoms with E-state index < -0.39 is 0 Å². The lowest BCUT2D eigenvalue weighted by Gasteiger charge is -2.06. The molecule has 88 valence electrons. The average Bonchev–Trinajstić information content (AvgIpc) is 2.82. The van der Waals surface area contributed by atoms with Crippen molar-refractivity contribution in [2.24, 2.45) is 0 Å². The van der Waals surface area contributed by atoms with Gasteiger partial charge in [-0.2, -0.15) is 0 Å². The van der Waals surface area contributed by atoms with Crippen molar-refractivity contribution in [3.8, 4) is 0 Å². The lowest BCUT2D eigenvalue weighted by Crippen LogP contribution is -2.23. The summed E-state index contributed by atoms with van der Waals surface area (Å²) in [6, 6.07) is 4.81. The van der Waals surface area contributed by atoms with Crippen LogP contribution in [0.3, 0.4) is 0 Å². The summed E-state index contributed by atoms with van der Waals surface area (Å²) in [7, 11) is 0. The van der Waals surface area contributed by atoms with Gasteiger partial charge < -0.3 is 11.1 Å². The molecule has 1 heterocycles. The number of amides is 1. The predicted molar refractivity (Wildman–Crippen MR) is 69.1 cm³/mol.